The highest BCUT2D eigenvalue weighted by atomic mass is 16.4. The van der Waals surface area contributed by atoms with Crippen LogP contribution in [0.3, 0.4) is 0 Å². The Kier molecular flexibility index (Phi) is 2.73. The molecule has 0 amide bonds. The lowest BCUT2D eigenvalue weighted by atomic mass is 9.91. The SMILES string of the molecule is O=c1[nH]c2ccc(CC3CCNCC3)cc2o1. The normalized spacial score (nSPS) is 17.6. The number of aromatic amines is 1. The van der Waals surface area contributed by atoms with Gasteiger partial charge in [0.2, 0.25) is 0 Å². The number of aromatic nitrogens is 1. The lowest BCUT2D eigenvalue weighted by molar-refractivity contribution is 0.372. The number of hydrogen-bond donors (Lipinski definition) is 2. The Labute approximate surface area is 99.0 Å². The van der Waals surface area contributed by atoms with Crippen LogP contribution < -0.4 is 11.1 Å². The number of H-pyrrole nitrogens is 1. The Morgan fingerprint density at radius 2 is 2.12 bits per heavy atom. The predicted octanol–water partition coefficient (Wildman–Crippen LogP) is 1.66. The number of benzene rings is 1. The van der Waals surface area contributed by atoms with Gasteiger partial charge < -0.3 is 9.73 Å². The van der Waals surface area contributed by atoms with Crippen molar-refractivity contribution in [3.63, 3.8) is 0 Å². The standard InChI is InChI=1S/C13H16N2O2/c16-13-15-11-2-1-10(8-12(11)17-13)7-9-3-5-14-6-4-9/h1-2,8-9,14H,3-7H2,(H,15,16). The van der Waals surface area contributed by atoms with Gasteiger partial charge in [0.25, 0.3) is 0 Å². The van der Waals surface area contributed by atoms with Gasteiger partial charge in [-0.15, -0.1) is 0 Å². The molecule has 4 nitrogen and oxygen atoms in total. The Morgan fingerprint density at radius 3 is 2.94 bits per heavy atom. The van der Waals surface area contributed by atoms with Crippen LogP contribution in [0, 0.1) is 5.92 Å². The smallest absolute Gasteiger partial charge is 0.408 e. The van der Waals surface area contributed by atoms with E-state index >= 15 is 0 Å². The Morgan fingerprint density at radius 1 is 1.29 bits per heavy atom. The summed E-state index contributed by atoms with van der Waals surface area (Å²) in [5, 5.41) is 3.37. The summed E-state index contributed by atoms with van der Waals surface area (Å²) in [6, 6.07) is 5.99. The minimum absolute atomic E-state index is 0.376. The molecule has 1 aromatic heterocycles. The number of nitrogens with one attached hydrogen (secondary N) is 2. The molecule has 1 aromatic carbocycles. The first-order chi connectivity index (χ1) is 8.31. The van der Waals surface area contributed by atoms with Gasteiger partial charge in [0.15, 0.2) is 5.58 Å². The van der Waals surface area contributed by atoms with Crippen molar-refractivity contribution >= 4 is 11.1 Å². The molecule has 0 aliphatic carbocycles. The summed E-state index contributed by atoms with van der Waals surface area (Å²) in [4.78, 5) is 13.7. The molecule has 4 heteroatoms. The summed E-state index contributed by atoms with van der Waals surface area (Å²) in [7, 11) is 0. The number of piperidine rings is 1. The van der Waals surface area contributed by atoms with Gasteiger partial charge in [-0.05, 0) is 56.0 Å². The van der Waals surface area contributed by atoms with Crippen molar-refractivity contribution in [3.8, 4) is 0 Å². The number of fused-ring (bicyclic) bond motifs is 1. The zero-order valence-corrected chi connectivity index (χ0v) is 9.66. The molecule has 1 aliphatic rings. The van der Waals surface area contributed by atoms with E-state index in [0.717, 1.165) is 30.9 Å². The monoisotopic (exact) mass is 232 g/mol. The second-order valence-corrected chi connectivity index (χ2v) is 4.74. The van der Waals surface area contributed by atoms with Gasteiger partial charge in [0.05, 0.1) is 5.52 Å². The molecule has 2 heterocycles. The summed E-state index contributed by atoms with van der Waals surface area (Å²) in [5.74, 6) is 0.374. The number of oxazole rings is 1. The third kappa shape index (κ3) is 2.26. The van der Waals surface area contributed by atoms with E-state index in [9.17, 15) is 4.79 Å². The van der Waals surface area contributed by atoms with Crippen LogP contribution in [0.15, 0.2) is 27.4 Å². The van der Waals surface area contributed by atoms with Crippen molar-refractivity contribution in [2.75, 3.05) is 13.1 Å². The zero-order valence-electron chi connectivity index (χ0n) is 9.66. The quantitative estimate of drug-likeness (QED) is 0.828. The third-order valence-corrected chi connectivity index (χ3v) is 3.47. The average Bonchev–Trinajstić information content (AvgIpc) is 2.70. The molecule has 1 aliphatic heterocycles. The Balaban J connectivity index is 1.82. The fourth-order valence-corrected chi connectivity index (χ4v) is 2.54. The molecule has 1 fully saturated rings. The van der Waals surface area contributed by atoms with Gasteiger partial charge >= 0.3 is 5.76 Å². The Hall–Kier alpha value is -1.55. The Bertz CT molecular complexity index is 564. The van der Waals surface area contributed by atoms with Crippen LogP contribution in [0.1, 0.15) is 18.4 Å². The lowest BCUT2D eigenvalue weighted by Crippen LogP contribution is -2.28. The third-order valence-electron chi connectivity index (χ3n) is 3.47. The van der Waals surface area contributed by atoms with Crippen LogP contribution in [-0.4, -0.2) is 18.1 Å². The highest BCUT2D eigenvalue weighted by Gasteiger charge is 2.14. The molecule has 2 N–H and O–H groups in total. The first kappa shape index (κ1) is 10.6. The molecule has 0 bridgehead atoms. The van der Waals surface area contributed by atoms with Crippen molar-refractivity contribution in [2.24, 2.45) is 5.92 Å². The molecule has 0 atom stereocenters. The molecule has 0 unspecified atom stereocenters. The molecule has 0 radical (unpaired) electrons. The van der Waals surface area contributed by atoms with Crippen LogP contribution in [0.2, 0.25) is 0 Å². The van der Waals surface area contributed by atoms with E-state index in [1.54, 1.807) is 0 Å². The molecular weight excluding hydrogens is 216 g/mol. The summed E-state index contributed by atoms with van der Waals surface area (Å²) in [6.07, 6.45) is 3.54. The number of rotatable bonds is 2. The van der Waals surface area contributed by atoms with Crippen LogP contribution in [0.5, 0.6) is 0 Å². The maximum atomic E-state index is 11.1. The minimum Gasteiger partial charge on any atom is -0.408 e. The van der Waals surface area contributed by atoms with Gasteiger partial charge in [-0.25, -0.2) is 4.79 Å². The topological polar surface area (TPSA) is 58.0 Å². The largest absolute Gasteiger partial charge is 0.417 e. The van der Waals surface area contributed by atoms with Gasteiger partial charge in [0.1, 0.15) is 0 Å². The molecule has 90 valence electrons. The maximum Gasteiger partial charge on any atom is 0.417 e. The van der Waals surface area contributed by atoms with Gasteiger partial charge in [-0.1, -0.05) is 6.07 Å². The molecule has 17 heavy (non-hydrogen) atoms. The molecular formula is C13H16N2O2. The van der Waals surface area contributed by atoms with E-state index in [2.05, 4.69) is 16.4 Å². The summed E-state index contributed by atoms with van der Waals surface area (Å²) < 4.78 is 5.07. The van der Waals surface area contributed by atoms with E-state index in [4.69, 9.17) is 4.42 Å². The van der Waals surface area contributed by atoms with Gasteiger partial charge in [-0.2, -0.15) is 0 Å². The van der Waals surface area contributed by atoms with Crippen LogP contribution in [-0.2, 0) is 6.42 Å². The van der Waals surface area contributed by atoms with E-state index in [0.29, 0.717) is 5.58 Å². The predicted molar refractivity (Wildman–Crippen MR) is 66.1 cm³/mol. The molecule has 1 saturated heterocycles. The zero-order chi connectivity index (χ0) is 11.7. The van der Waals surface area contributed by atoms with Crippen molar-refractivity contribution in [2.45, 2.75) is 19.3 Å². The molecule has 3 rings (SSSR count). The molecule has 0 saturated carbocycles. The summed E-state index contributed by atoms with van der Waals surface area (Å²) >= 11 is 0. The summed E-state index contributed by atoms with van der Waals surface area (Å²) in [5.41, 5.74) is 2.71. The van der Waals surface area contributed by atoms with Crippen LogP contribution in [0.25, 0.3) is 11.1 Å². The van der Waals surface area contributed by atoms with Crippen molar-refractivity contribution in [1.29, 1.82) is 0 Å². The second-order valence-electron chi connectivity index (χ2n) is 4.74. The maximum absolute atomic E-state index is 11.1. The van der Waals surface area contributed by atoms with Gasteiger partial charge in [0, 0.05) is 0 Å². The van der Waals surface area contributed by atoms with Gasteiger partial charge in [-0.3, -0.25) is 4.98 Å². The average molecular weight is 232 g/mol. The van der Waals surface area contributed by atoms with Crippen molar-refractivity contribution in [3.05, 3.63) is 34.3 Å². The van der Waals surface area contributed by atoms with E-state index < -0.39 is 0 Å². The lowest BCUT2D eigenvalue weighted by Gasteiger charge is -2.22. The molecule has 2 aromatic rings. The second kappa shape index (κ2) is 4.37. The highest BCUT2D eigenvalue weighted by Crippen LogP contribution is 2.20. The van der Waals surface area contributed by atoms with Crippen LogP contribution in [0.4, 0.5) is 0 Å². The fraction of sp³-hybridized carbons (Fsp3) is 0.462. The van der Waals surface area contributed by atoms with E-state index in [1.807, 2.05) is 12.1 Å². The fourth-order valence-electron chi connectivity index (χ4n) is 2.54. The minimum atomic E-state index is -0.376. The van der Waals surface area contributed by atoms with Crippen molar-refractivity contribution < 1.29 is 4.42 Å². The first-order valence-electron chi connectivity index (χ1n) is 6.14. The number of hydrogen-bond acceptors (Lipinski definition) is 3. The highest BCUT2D eigenvalue weighted by molar-refractivity contribution is 5.72. The van der Waals surface area contributed by atoms with Crippen molar-refractivity contribution in [1.82, 2.24) is 10.3 Å². The molecule has 0 spiro atoms. The van der Waals surface area contributed by atoms with Crippen LogP contribution >= 0.6 is 0 Å². The van der Waals surface area contributed by atoms with E-state index in [1.165, 1.54) is 18.4 Å². The summed E-state index contributed by atoms with van der Waals surface area (Å²) in [6.45, 7) is 2.23. The first-order valence-corrected chi connectivity index (χ1v) is 6.14. The van der Waals surface area contributed by atoms with E-state index in [-0.39, 0.29) is 5.76 Å².